The second-order valence-electron chi connectivity index (χ2n) is 6.35. The lowest BCUT2D eigenvalue weighted by atomic mass is 10.1. The average molecular weight is 338 g/mol. The predicted octanol–water partition coefficient (Wildman–Crippen LogP) is 2.11. The van der Waals surface area contributed by atoms with E-state index in [0.29, 0.717) is 6.54 Å². The quantitative estimate of drug-likeness (QED) is 0.713. The van der Waals surface area contributed by atoms with Crippen LogP contribution in [0.25, 0.3) is 0 Å². The summed E-state index contributed by atoms with van der Waals surface area (Å²) >= 11 is 0. The highest BCUT2D eigenvalue weighted by Gasteiger charge is 2.27. The fraction of sp³-hybridized carbons (Fsp3) is 0.389. The molecule has 0 saturated carbocycles. The first-order valence-electron chi connectivity index (χ1n) is 8.48. The van der Waals surface area contributed by atoms with Gasteiger partial charge in [-0.25, -0.2) is 14.6 Å². The Labute approximate surface area is 146 Å². The summed E-state index contributed by atoms with van der Waals surface area (Å²) in [6.07, 6.45) is 5.26. The van der Waals surface area contributed by atoms with Crippen molar-refractivity contribution in [3.8, 4) is 5.75 Å². The van der Waals surface area contributed by atoms with E-state index in [1.807, 2.05) is 23.0 Å². The Morgan fingerprint density at radius 3 is 2.72 bits per heavy atom. The molecular formula is C18H22N6O. The summed E-state index contributed by atoms with van der Waals surface area (Å²) in [6, 6.07) is 8.56. The Bertz CT molecular complexity index is 824. The van der Waals surface area contributed by atoms with Gasteiger partial charge < -0.3 is 9.30 Å². The number of nitrogens with zero attached hydrogens (tertiary/aromatic N) is 6. The molecule has 3 aromatic rings. The van der Waals surface area contributed by atoms with Crippen LogP contribution in [0.3, 0.4) is 0 Å². The lowest BCUT2D eigenvalue weighted by Crippen LogP contribution is -2.37. The molecule has 3 heterocycles. The van der Waals surface area contributed by atoms with Crippen LogP contribution in [0.1, 0.15) is 30.0 Å². The minimum atomic E-state index is 0.278. The van der Waals surface area contributed by atoms with Crippen LogP contribution in [-0.4, -0.2) is 42.9 Å². The molecule has 0 spiro atoms. The first-order valence-corrected chi connectivity index (χ1v) is 8.48. The first-order chi connectivity index (χ1) is 12.2. The van der Waals surface area contributed by atoms with E-state index < -0.39 is 0 Å². The summed E-state index contributed by atoms with van der Waals surface area (Å²) < 4.78 is 9.38. The molecule has 2 aromatic heterocycles. The van der Waals surface area contributed by atoms with Crippen molar-refractivity contribution >= 4 is 0 Å². The van der Waals surface area contributed by atoms with E-state index in [9.17, 15) is 0 Å². The van der Waals surface area contributed by atoms with Gasteiger partial charge in [-0.3, -0.25) is 4.90 Å². The summed E-state index contributed by atoms with van der Waals surface area (Å²) in [5.74, 6) is 2.01. The fourth-order valence-electron chi connectivity index (χ4n) is 3.39. The van der Waals surface area contributed by atoms with Crippen molar-refractivity contribution in [2.45, 2.75) is 32.6 Å². The largest absolute Gasteiger partial charge is 0.497 e. The summed E-state index contributed by atoms with van der Waals surface area (Å²) in [6.45, 7) is 5.79. The molecule has 0 saturated heterocycles. The van der Waals surface area contributed by atoms with Gasteiger partial charge in [0, 0.05) is 19.6 Å². The van der Waals surface area contributed by atoms with Gasteiger partial charge in [-0.15, -0.1) is 0 Å². The minimum absolute atomic E-state index is 0.278. The molecule has 1 atom stereocenters. The molecule has 0 bridgehead atoms. The zero-order valence-electron chi connectivity index (χ0n) is 14.5. The SMILES string of the molecule is COc1ccc(CN2CCn3c(Cn4cncn4)cnc3[C@H]2C)cc1. The molecule has 1 aromatic carbocycles. The molecule has 0 aliphatic carbocycles. The van der Waals surface area contributed by atoms with Crippen molar-refractivity contribution < 1.29 is 4.74 Å². The van der Waals surface area contributed by atoms with E-state index >= 15 is 0 Å². The maximum atomic E-state index is 5.23. The molecule has 130 valence electrons. The molecule has 0 N–H and O–H groups in total. The van der Waals surface area contributed by atoms with Crippen LogP contribution in [0.2, 0.25) is 0 Å². The van der Waals surface area contributed by atoms with E-state index in [1.165, 1.54) is 11.3 Å². The summed E-state index contributed by atoms with van der Waals surface area (Å²) in [7, 11) is 1.69. The zero-order chi connectivity index (χ0) is 17.2. The van der Waals surface area contributed by atoms with Gasteiger partial charge in [-0.1, -0.05) is 12.1 Å². The molecule has 1 aliphatic rings. The molecular weight excluding hydrogens is 316 g/mol. The lowest BCUT2D eigenvalue weighted by molar-refractivity contribution is 0.155. The van der Waals surface area contributed by atoms with Crippen LogP contribution in [0.4, 0.5) is 0 Å². The van der Waals surface area contributed by atoms with Crippen LogP contribution >= 0.6 is 0 Å². The highest BCUT2D eigenvalue weighted by atomic mass is 16.5. The highest BCUT2D eigenvalue weighted by molar-refractivity contribution is 5.27. The summed E-state index contributed by atoms with van der Waals surface area (Å²) in [5, 5.41) is 4.19. The number of imidazole rings is 1. The topological polar surface area (TPSA) is 61.0 Å². The van der Waals surface area contributed by atoms with Crippen molar-refractivity contribution in [1.29, 1.82) is 0 Å². The lowest BCUT2D eigenvalue weighted by Gasteiger charge is -2.34. The number of benzene rings is 1. The van der Waals surface area contributed by atoms with Crippen molar-refractivity contribution in [2.75, 3.05) is 13.7 Å². The van der Waals surface area contributed by atoms with Gasteiger partial charge in [0.2, 0.25) is 0 Å². The van der Waals surface area contributed by atoms with E-state index in [-0.39, 0.29) is 6.04 Å². The molecule has 25 heavy (non-hydrogen) atoms. The van der Waals surface area contributed by atoms with Crippen LogP contribution in [0, 0.1) is 0 Å². The van der Waals surface area contributed by atoms with Crippen molar-refractivity contribution in [2.24, 2.45) is 0 Å². The number of hydrogen-bond donors (Lipinski definition) is 0. The Morgan fingerprint density at radius 1 is 1.16 bits per heavy atom. The number of methoxy groups -OCH3 is 1. The van der Waals surface area contributed by atoms with E-state index in [1.54, 1.807) is 19.8 Å². The van der Waals surface area contributed by atoms with Gasteiger partial charge in [-0.05, 0) is 24.6 Å². The monoisotopic (exact) mass is 338 g/mol. The van der Waals surface area contributed by atoms with E-state index in [0.717, 1.165) is 31.2 Å². The average Bonchev–Trinajstić information content (AvgIpc) is 3.29. The Balaban J connectivity index is 1.49. The Morgan fingerprint density at radius 2 is 2.00 bits per heavy atom. The zero-order valence-corrected chi connectivity index (χ0v) is 14.5. The maximum Gasteiger partial charge on any atom is 0.137 e. The van der Waals surface area contributed by atoms with E-state index in [4.69, 9.17) is 4.74 Å². The van der Waals surface area contributed by atoms with Crippen LogP contribution in [-0.2, 0) is 19.6 Å². The maximum absolute atomic E-state index is 5.23. The number of hydrogen-bond acceptors (Lipinski definition) is 5. The third-order valence-electron chi connectivity index (χ3n) is 4.84. The van der Waals surface area contributed by atoms with Crippen molar-refractivity contribution in [1.82, 2.24) is 29.2 Å². The third kappa shape index (κ3) is 3.15. The second-order valence-corrected chi connectivity index (χ2v) is 6.35. The molecule has 0 fully saturated rings. The molecule has 0 amide bonds. The first kappa shape index (κ1) is 15.8. The van der Waals surface area contributed by atoms with Crippen molar-refractivity contribution in [3.05, 3.63) is 60.2 Å². The van der Waals surface area contributed by atoms with E-state index in [2.05, 4.69) is 43.6 Å². The summed E-state index contributed by atoms with van der Waals surface area (Å²) in [4.78, 5) is 11.1. The van der Waals surface area contributed by atoms with Crippen LogP contribution in [0.15, 0.2) is 43.1 Å². The predicted molar refractivity (Wildman–Crippen MR) is 93.2 cm³/mol. The number of rotatable bonds is 5. The minimum Gasteiger partial charge on any atom is -0.497 e. The molecule has 4 rings (SSSR count). The van der Waals surface area contributed by atoms with Gasteiger partial charge in [0.1, 0.15) is 24.2 Å². The summed E-state index contributed by atoms with van der Waals surface area (Å²) in [5.41, 5.74) is 2.46. The van der Waals surface area contributed by atoms with Gasteiger partial charge in [0.05, 0.1) is 31.6 Å². The van der Waals surface area contributed by atoms with Gasteiger partial charge >= 0.3 is 0 Å². The number of ether oxygens (including phenoxy) is 1. The normalized spacial score (nSPS) is 17.4. The third-order valence-corrected chi connectivity index (χ3v) is 4.84. The fourth-order valence-corrected chi connectivity index (χ4v) is 3.39. The number of fused-ring (bicyclic) bond motifs is 1. The molecule has 1 aliphatic heterocycles. The van der Waals surface area contributed by atoms with Gasteiger partial charge in [0.25, 0.3) is 0 Å². The molecule has 0 unspecified atom stereocenters. The molecule has 7 heteroatoms. The highest BCUT2D eigenvalue weighted by Crippen LogP contribution is 2.27. The smallest absolute Gasteiger partial charge is 0.137 e. The van der Waals surface area contributed by atoms with Crippen LogP contribution in [0.5, 0.6) is 5.75 Å². The van der Waals surface area contributed by atoms with Gasteiger partial charge in [0.15, 0.2) is 0 Å². The second kappa shape index (κ2) is 6.68. The molecule has 7 nitrogen and oxygen atoms in total. The van der Waals surface area contributed by atoms with Crippen LogP contribution < -0.4 is 4.74 Å². The Kier molecular flexibility index (Phi) is 4.23. The molecule has 0 radical (unpaired) electrons. The standard InChI is InChI=1S/C18H22N6O/c1-14-18-20-9-16(11-23-13-19-12-21-23)24(18)8-7-22(14)10-15-3-5-17(25-2)6-4-15/h3-6,9,12-14H,7-8,10-11H2,1-2H3/t14-/m1/s1. The Hall–Kier alpha value is -2.67. The van der Waals surface area contributed by atoms with Crippen molar-refractivity contribution in [3.63, 3.8) is 0 Å². The number of aromatic nitrogens is 5. The van der Waals surface area contributed by atoms with Gasteiger partial charge in [-0.2, -0.15) is 5.10 Å².